The molecule has 342 valence electrons. The normalized spacial score (nSPS) is 12.9. The number of anilines is 4. The molecule has 5 rings (SSSR count). The van der Waals surface area contributed by atoms with Gasteiger partial charge >= 0.3 is 0 Å². The van der Waals surface area contributed by atoms with Gasteiger partial charge in [-0.2, -0.15) is 10.1 Å². The third-order valence-electron chi connectivity index (χ3n) is 10.5. The number of rotatable bonds is 20. The van der Waals surface area contributed by atoms with Crippen molar-refractivity contribution < 1.29 is 42.5 Å². The highest BCUT2D eigenvalue weighted by Crippen LogP contribution is 2.31. The van der Waals surface area contributed by atoms with E-state index in [2.05, 4.69) is 31.0 Å². The van der Waals surface area contributed by atoms with Gasteiger partial charge < -0.3 is 47.3 Å². The molecule has 2 heterocycles. The van der Waals surface area contributed by atoms with Crippen molar-refractivity contribution in [2.75, 3.05) is 30.5 Å². The average Bonchev–Trinajstić information content (AvgIpc) is 3.55. The first-order valence-electron chi connectivity index (χ1n) is 20.1. The Hall–Kier alpha value is -6.56. The van der Waals surface area contributed by atoms with Gasteiger partial charge in [0.2, 0.25) is 39.6 Å². The van der Waals surface area contributed by atoms with Gasteiger partial charge in [0.15, 0.2) is 6.29 Å². The molecule has 0 saturated carbocycles. The molecule has 21 nitrogen and oxygen atoms in total. The third kappa shape index (κ3) is 12.1. The lowest BCUT2D eigenvalue weighted by Gasteiger charge is -2.27. The molecule has 64 heavy (non-hydrogen) atoms. The van der Waals surface area contributed by atoms with Crippen molar-refractivity contribution in [3.8, 4) is 5.75 Å². The van der Waals surface area contributed by atoms with Crippen LogP contribution in [0.2, 0.25) is 0 Å². The number of carbonyl (C=O) groups is 4. The number of methoxy groups -OCH3 is 1. The molecule has 0 spiro atoms. The summed E-state index contributed by atoms with van der Waals surface area (Å²) < 4.78 is 32.3. The number of hydrogen-bond acceptors (Lipinski definition) is 15. The first-order valence-corrected chi connectivity index (χ1v) is 21.7. The molecule has 0 fully saturated rings. The summed E-state index contributed by atoms with van der Waals surface area (Å²) in [5, 5.41) is 37.7. The van der Waals surface area contributed by atoms with Gasteiger partial charge in [-0.05, 0) is 99.3 Å². The van der Waals surface area contributed by atoms with E-state index in [-0.39, 0.29) is 54.4 Å². The first kappa shape index (κ1) is 48.5. The van der Waals surface area contributed by atoms with Crippen LogP contribution in [0.25, 0.3) is 10.9 Å². The zero-order valence-electron chi connectivity index (χ0n) is 36.1. The number of aliphatic hydroxyl groups excluding tert-OH is 1. The summed E-state index contributed by atoms with van der Waals surface area (Å²) in [5.41, 5.74) is 15.2. The van der Waals surface area contributed by atoms with E-state index >= 15 is 0 Å². The quantitative estimate of drug-likeness (QED) is 0.0494. The molecule has 0 bridgehead atoms. The van der Waals surface area contributed by atoms with Crippen molar-refractivity contribution in [1.29, 1.82) is 0 Å². The summed E-state index contributed by atoms with van der Waals surface area (Å²) >= 11 is 0. The molecule has 11 N–H and O–H groups in total. The number of aromatic nitrogens is 4. The fourth-order valence-corrected chi connectivity index (χ4v) is 7.48. The van der Waals surface area contributed by atoms with Crippen LogP contribution in [0.4, 0.5) is 23.1 Å². The molecular weight excluding hydrogens is 849 g/mol. The highest BCUT2D eigenvalue weighted by molar-refractivity contribution is 7.89. The van der Waals surface area contributed by atoms with Gasteiger partial charge in [-0.25, -0.2) is 23.4 Å². The van der Waals surface area contributed by atoms with Crippen LogP contribution in [0.3, 0.4) is 0 Å². The van der Waals surface area contributed by atoms with Gasteiger partial charge in [-0.3, -0.25) is 23.9 Å². The van der Waals surface area contributed by atoms with Crippen molar-refractivity contribution >= 4 is 67.7 Å². The van der Waals surface area contributed by atoms with Gasteiger partial charge in [0.05, 0.1) is 35.7 Å². The monoisotopic (exact) mass is 902 g/mol. The second kappa shape index (κ2) is 21.2. The number of hydrogen-bond donors (Lipinski definition) is 8. The molecular formula is C42H54N12O9S. The molecule has 0 unspecified atom stereocenters. The van der Waals surface area contributed by atoms with Crippen LogP contribution in [0.1, 0.15) is 42.5 Å². The van der Waals surface area contributed by atoms with E-state index < -0.39 is 64.5 Å². The predicted octanol–water partition coefficient (Wildman–Crippen LogP) is 0.512. The molecule has 3 aromatic carbocycles. The molecule has 0 aliphatic carbocycles. The second-order valence-electron chi connectivity index (χ2n) is 15.0. The number of ether oxygens (including phenoxy) is 1. The number of primary sulfonamides is 1. The number of sulfonamides is 1. The Bertz CT molecular complexity index is 2590. The van der Waals surface area contributed by atoms with Crippen LogP contribution >= 0.6 is 0 Å². The van der Waals surface area contributed by atoms with Crippen LogP contribution in [-0.2, 0) is 42.8 Å². The number of nitrogens with two attached hydrogens (primary N) is 3. The molecule has 4 amide bonds. The molecule has 5 aromatic rings. The van der Waals surface area contributed by atoms with E-state index in [4.69, 9.17) is 21.3 Å². The van der Waals surface area contributed by atoms with E-state index in [1.165, 1.54) is 32.4 Å². The van der Waals surface area contributed by atoms with E-state index in [0.29, 0.717) is 17.3 Å². The summed E-state index contributed by atoms with van der Waals surface area (Å²) in [5.74, 6) is -2.74. The van der Waals surface area contributed by atoms with Crippen LogP contribution < -0.4 is 47.1 Å². The summed E-state index contributed by atoms with van der Waals surface area (Å²) in [6, 6.07) is 13.9. The number of fused-ring (bicyclic) bond motifs is 1. The van der Waals surface area contributed by atoms with Crippen molar-refractivity contribution in [2.45, 2.75) is 75.4 Å². The Morgan fingerprint density at radius 2 is 1.58 bits per heavy atom. The van der Waals surface area contributed by atoms with Gasteiger partial charge in [0.25, 0.3) is 0 Å². The molecule has 3 atom stereocenters. The van der Waals surface area contributed by atoms with Crippen LogP contribution in [0.5, 0.6) is 5.75 Å². The first-order chi connectivity index (χ1) is 30.3. The van der Waals surface area contributed by atoms with E-state index in [0.717, 1.165) is 33.1 Å². The SMILES string of the molecule is COc1ccc(CNC(=O)[C@H](CCN)NC(=O)[C@H](CC(=O)N(c2ccc(C)c(S(N)(=O)=O)c2)c2nccc(N(C)c3ccc4c(C)n(C)nc4c3)n2)NC(=O)[C@@H](N)CCC(O)O)cc1. The molecule has 2 aromatic heterocycles. The van der Waals surface area contributed by atoms with Gasteiger partial charge in [0.1, 0.15) is 23.7 Å². The van der Waals surface area contributed by atoms with E-state index in [1.807, 2.05) is 32.2 Å². The molecule has 0 saturated heterocycles. The zero-order valence-corrected chi connectivity index (χ0v) is 36.9. The van der Waals surface area contributed by atoms with Crippen LogP contribution in [0.15, 0.2) is 77.8 Å². The summed E-state index contributed by atoms with van der Waals surface area (Å²) in [6.45, 7) is 3.52. The fraction of sp³-hybridized carbons (Fsp3) is 0.357. The van der Waals surface area contributed by atoms with Crippen molar-refractivity contribution in [3.05, 3.63) is 89.7 Å². The molecule has 22 heteroatoms. The maximum Gasteiger partial charge on any atom is 0.243 e. The standard InChI is InChI=1S/C42H54N12O9S/c1-24-6-9-28(21-35(24)64(45,61)62)54(42-46-19-17-36(50-42)52(3)27-10-13-30-25(2)53(4)51-33(30)20-27)37(55)22-34(49-39(58)31(44)14-15-38(56)57)41(60)48-32(16-18-43)40(59)47-23-26-7-11-29(63-5)12-8-26/h6-13,17,19-21,31-32,34,38,56-57H,14-16,18,22-23,43-44H2,1-5H3,(H,47,59)(H,48,60)(H,49,58)(H2,45,61,62)/t31-,32-,34-/m0/s1. The maximum atomic E-state index is 14.8. The fourth-order valence-electron chi connectivity index (χ4n) is 6.68. The highest BCUT2D eigenvalue weighted by Gasteiger charge is 2.33. The number of aliphatic hydroxyl groups is 2. The van der Waals surface area contributed by atoms with Crippen LogP contribution in [0, 0.1) is 13.8 Å². The summed E-state index contributed by atoms with van der Waals surface area (Å²) in [4.78, 5) is 67.3. The zero-order chi connectivity index (χ0) is 46.9. The summed E-state index contributed by atoms with van der Waals surface area (Å²) in [6.07, 6.45) is -1.71. The van der Waals surface area contributed by atoms with Gasteiger partial charge in [-0.1, -0.05) is 18.2 Å². The Labute approximate surface area is 370 Å². The largest absolute Gasteiger partial charge is 0.497 e. The number of nitrogens with zero attached hydrogens (tertiary/aromatic N) is 6. The van der Waals surface area contributed by atoms with Crippen LogP contribution in [-0.4, -0.2) is 107 Å². The highest BCUT2D eigenvalue weighted by atomic mass is 32.2. The molecule has 0 aliphatic rings. The van der Waals surface area contributed by atoms with Gasteiger partial charge in [0, 0.05) is 43.6 Å². The molecule has 0 radical (unpaired) electrons. The predicted molar refractivity (Wildman–Crippen MR) is 238 cm³/mol. The molecule has 0 aliphatic heterocycles. The number of nitrogens with one attached hydrogen (secondary N) is 3. The van der Waals surface area contributed by atoms with E-state index in [9.17, 15) is 37.8 Å². The van der Waals surface area contributed by atoms with E-state index in [1.54, 1.807) is 47.0 Å². The number of aryl methyl sites for hydroxylation is 3. The minimum Gasteiger partial charge on any atom is -0.497 e. The number of amides is 4. The minimum absolute atomic E-state index is 0.0315. The lowest BCUT2D eigenvalue weighted by atomic mass is 10.1. The Kier molecular flexibility index (Phi) is 16.1. The number of carbonyl (C=O) groups excluding carboxylic acids is 4. The smallest absolute Gasteiger partial charge is 0.243 e. The lowest BCUT2D eigenvalue weighted by molar-refractivity contribution is -0.134. The number of benzene rings is 3. The maximum absolute atomic E-state index is 14.8. The minimum atomic E-state index is -4.32. The second-order valence-corrected chi connectivity index (χ2v) is 16.6. The van der Waals surface area contributed by atoms with Crippen molar-refractivity contribution in [2.24, 2.45) is 23.7 Å². The van der Waals surface area contributed by atoms with Crippen molar-refractivity contribution in [3.63, 3.8) is 0 Å². The topological polar surface area (TPSA) is 316 Å². The lowest BCUT2D eigenvalue weighted by Crippen LogP contribution is -2.57. The van der Waals surface area contributed by atoms with Gasteiger partial charge in [-0.15, -0.1) is 0 Å². The average molecular weight is 903 g/mol. The Balaban J connectivity index is 1.51. The van der Waals surface area contributed by atoms with Crippen molar-refractivity contribution in [1.82, 2.24) is 35.7 Å². The third-order valence-corrected chi connectivity index (χ3v) is 11.5. The Morgan fingerprint density at radius 3 is 2.23 bits per heavy atom. The summed E-state index contributed by atoms with van der Waals surface area (Å²) in [7, 11) is 0.777. The Morgan fingerprint density at radius 1 is 0.891 bits per heavy atom.